The number of guanidine groups is 1. The van der Waals surface area contributed by atoms with Crippen molar-refractivity contribution in [3.05, 3.63) is 59.4 Å². The first-order valence-corrected chi connectivity index (χ1v) is 9.84. The molecule has 0 spiro atoms. The second-order valence-corrected chi connectivity index (χ2v) is 6.86. The van der Waals surface area contributed by atoms with E-state index in [-0.39, 0.29) is 12.1 Å². The van der Waals surface area contributed by atoms with Gasteiger partial charge in [-0.15, -0.1) is 0 Å². The summed E-state index contributed by atoms with van der Waals surface area (Å²) in [5, 5.41) is 6.07. The number of nitrogens with zero attached hydrogens (tertiary/aromatic N) is 3. The topological polar surface area (TPSA) is 61.8 Å². The van der Waals surface area contributed by atoms with E-state index in [4.69, 9.17) is 4.74 Å². The molecular formula is C21H26F3N5O. The summed E-state index contributed by atoms with van der Waals surface area (Å²) in [6.07, 6.45) is -2.03. The van der Waals surface area contributed by atoms with Crippen LogP contribution in [0.1, 0.15) is 16.8 Å². The van der Waals surface area contributed by atoms with Crippen molar-refractivity contribution in [2.75, 3.05) is 44.8 Å². The number of aliphatic imine (C=N–C) groups is 1. The van der Waals surface area contributed by atoms with E-state index in [0.717, 1.165) is 5.69 Å². The first-order valence-electron chi connectivity index (χ1n) is 9.84. The van der Waals surface area contributed by atoms with Gasteiger partial charge < -0.3 is 20.3 Å². The van der Waals surface area contributed by atoms with E-state index in [9.17, 15) is 13.2 Å². The Balaban J connectivity index is 1.62. The van der Waals surface area contributed by atoms with Crippen molar-refractivity contribution in [1.82, 2.24) is 15.6 Å². The third kappa shape index (κ3) is 6.09. The molecule has 2 aromatic rings. The predicted molar refractivity (Wildman–Crippen MR) is 111 cm³/mol. The molecule has 1 saturated heterocycles. The van der Waals surface area contributed by atoms with Gasteiger partial charge in [0.15, 0.2) is 5.96 Å². The number of benzene rings is 1. The Bertz CT molecular complexity index is 836. The van der Waals surface area contributed by atoms with Crippen molar-refractivity contribution in [2.45, 2.75) is 19.1 Å². The quantitative estimate of drug-likeness (QED) is 0.555. The molecule has 0 aliphatic carbocycles. The van der Waals surface area contributed by atoms with E-state index < -0.39 is 11.7 Å². The Morgan fingerprint density at radius 2 is 1.97 bits per heavy atom. The van der Waals surface area contributed by atoms with Gasteiger partial charge in [0.05, 0.1) is 18.8 Å². The summed E-state index contributed by atoms with van der Waals surface area (Å²) in [4.78, 5) is 10.2. The zero-order chi connectivity index (χ0) is 21.4. The Kier molecular flexibility index (Phi) is 7.51. The fourth-order valence-corrected chi connectivity index (χ4v) is 3.26. The average Bonchev–Trinajstić information content (AvgIpc) is 2.76. The number of pyridine rings is 1. The molecule has 0 amide bonds. The number of rotatable bonds is 6. The monoisotopic (exact) mass is 421 g/mol. The van der Waals surface area contributed by atoms with Crippen molar-refractivity contribution in [3.63, 3.8) is 0 Å². The fraction of sp³-hybridized carbons (Fsp3) is 0.429. The van der Waals surface area contributed by atoms with Gasteiger partial charge in [-0.2, -0.15) is 13.2 Å². The Hall–Kier alpha value is -2.81. The minimum absolute atomic E-state index is 0.0154. The number of anilines is 1. The second kappa shape index (κ2) is 10.3. The van der Waals surface area contributed by atoms with Crippen LogP contribution in [0.4, 0.5) is 18.9 Å². The minimum atomic E-state index is -4.44. The summed E-state index contributed by atoms with van der Waals surface area (Å²) < 4.78 is 46.3. The van der Waals surface area contributed by atoms with E-state index in [1.165, 1.54) is 12.1 Å². The SMILES string of the molecule is CN=C(NCCc1ccccn1)NCc1ccc(N2CCOCC2)cc1C(F)(F)F. The van der Waals surface area contributed by atoms with Crippen LogP contribution in [0.5, 0.6) is 0 Å². The molecule has 0 radical (unpaired) electrons. The molecule has 2 heterocycles. The number of halogens is 3. The highest BCUT2D eigenvalue weighted by Gasteiger charge is 2.34. The van der Waals surface area contributed by atoms with Crippen molar-refractivity contribution >= 4 is 11.6 Å². The maximum Gasteiger partial charge on any atom is 0.416 e. The molecule has 1 aromatic heterocycles. The zero-order valence-corrected chi connectivity index (χ0v) is 16.9. The lowest BCUT2D eigenvalue weighted by Gasteiger charge is -2.29. The van der Waals surface area contributed by atoms with Crippen molar-refractivity contribution in [2.24, 2.45) is 4.99 Å². The molecule has 3 rings (SSSR count). The van der Waals surface area contributed by atoms with E-state index in [1.807, 2.05) is 23.1 Å². The van der Waals surface area contributed by atoms with Gasteiger partial charge in [0.1, 0.15) is 0 Å². The smallest absolute Gasteiger partial charge is 0.378 e. The third-order valence-corrected chi connectivity index (χ3v) is 4.84. The number of nitrogens with one attached hydrogen (secondary N) is 2. The molecule has 0 saturated carbocycles. The fourth-order valence-electron chi connectivity index (χ4n) is 3.26. The standard InChI is InChI=1S/C21H26F3N5O/c1-25-20(27-9-7-17-4-2-3-8-26-17)28-15-16-5-6-18(14-19(16)21(22,23)24)29-10-12-30-13-11-29/h2-6,8,14H,7,9-13,15H2,1H3,(H2,25,27,28). The summed E-state index contributed by atoms with van der Waals surface area (Å²) >= 11 is 0. The van der Waals surface area contributed by atoms with Crippen molar-refractivity contribution < 1.29 is 17.9 Å². The van der Waals surface area contributed by atoms with Crippen LogP contribution in [0.3, 0.4) is 0 Å². The molecule has 0 atom stereocenters. The highest BCUT2D eigenvalue weighted by Crippen LogP contribution is 2.35. The molecule has 1 aliphatic heterocycles. The Labute approximate surface area is 174 Å². The molecule has 9 heteroatoms. The number of morpholine rings is 1. The number of hydrogen-bond donors (Lipinski definition) is 2. The van der Waals surface area contributed by atoms with Crippen LogP contribution in [0.15, 0.2) is 47.6 Å². The van der Waals surface area contributed by atoms with Crippen LogP contribution < -0.4 is 15.5 Å². The first-order chi connectivity index (χ1) is 14.5. The largest absolute Gasteiger partial charge is 0.416 e. The number of hydrogen-bond acceptors (Lipinski definition) is 4. The lowest BCUT2D eigenvalue weighted by Crippen LogP contribution is -2.38. The average molecular weight is 421 g/mol. The third-order valence-electron chi connectivity index (χ3n) is 4.84. The number of aromatic nitrogens is 1. The molecule has 1 fully saturated rings. The highest BCUT2D eigenvalue weighted by atomic mass is 19.4. The van der Waals surface area contributed by atoms with Crippen LogP contribution in [-0.4, -0.2) is 50.8 Å². The molecule has 2 N–H and O–H groups in total. The molecular weight excluding hydrogens is 395 g/mol. The lowest BCUT2D eigenvalue weighted by atomic mass is 10.0. The van der Waals surface area contributed by atoms with Crippen LogP contribution in [0.2, 0.25) is 0 Å². The summed E-state index contributed by atoms with van der Waals surface area (Å²) in [6, 6.07) is 10.2. The number of ether oxygens (including phenoxy) is 1. The van der Waals surface area contributed by atoms with Crippen LogP contribution in [-0.2, 0) is 23.9 Å². The van der Waals surface area contributed by atoms with E-state index in [1.54, 1.807) is 19.3 Å². The van der Waals surface area contributed by atoms with E-state index in [2.05, 4.69) is 20.6 Å². The van der Waals surface area contributed by atoms with Gasteiger partial charge in [-0.3, -0.25) is 9.98 Å². The summed E-state index contributed by atoms with van der Waals surface area (Å²) in [5.41, 5.74) is 1.03. The van der Waals surface area contributed by atoms with Crippen molar-refractivity contribution in [1.29, 1.82) is 0 Å². The summed E-state index contributed by atoms with van der Waals surface area (Å²) in [7, 11) is 1.59. The predicted octanol–water partition coefficient (Wildman–Crippen LogP) is 2.84. The number of alkyl halides is 3. The minimum Gasteiger partial charge on any atom is -0.378 e. The maximum atomic E-state index is 13.7. The highest BCUT2D eigenvalue weighted by molar-refractivity contribution is 5.79. The van der Waals surface area contributed by atoms with Crippen LogP contribution >= 0.6 is 0 Å². The normalized spacial score (nSPS) is 15.2. The first kappa shape index (κ1) is 21.9. The molecule has 162 valence electrons. The maximum absolute atomic E-state index is 13.7. The summed E-state index contributed by atoms with van der Waals surface area (Å²) in [5.74, 6) is 0.441. The molecule has 0 unspecified atom stereocenters. The van der Waals surface area contributed by atoms with Gasteiger partial charge in [-0.05, 0) is 29.8 Å². The van der Waals surface area contributed by atoms with Crippen LogP contribution in [0, 0.1) is 0 Å². The molecule has 1 aromatic carbocycles. The second-order valence-electron chi connectivity index (χ2n) is 6.86. The molecule has 1 aliphatic rings. The van der Waals surface area contributed by atoms with Gasteiger partial charge >= 0.3 is 6.18 Å². The zero-order valence-electron chi connectivity index (χ0n) is 16.9. The molecule has 6 nitrogen and oxygen atoms in total. The van der Waals surface area contributed by atoms with Crippen molar-refractivity contribution in [3.8, 4) is 0 Å². The Morgan fingerprint density at radius 3 is 2.63 bits per heavy atom. The summed E-state index contributed by atoms with van der Waals surface area (Å²) in [6.45, 7) is 2.79. The lowest BCUT2D eigenvalue weighted by molar-refractivity contribution is -0.138. The molecule has 30 heavy (non-hydrogen) atoms. The van der Waals surface area contributed by atoms with E-state index >= 15 is 0 Å². The van der Waals surface area contributed by atoms with Gasteiger partial charge in [-0.1, -0.05) is 12.1 Å². The van der Waals surface area contributed by atoms with Gasteiger partial charge in [-0.25, -0.2) is 0 Å². The van der Waals surface area contributed by atoms with E-state index in [0.29, 0.717) is 50.9 Å². The van der Waals surface area contributed by atoms with Gasteiger partial charge in [0.2, 0.25) is 0 Å². The molecule has 0 bridgehead atoms. The van der Waals surface area contributed by atoms with Gasteiger partial charge in [0, 0.05) is 57.2 Å². The van der Waals surface area contributed by atoms with Crippen LogP contribution in [0.25, 0.3) is 0 Å². The van der Waals surface area contributed by atoms with Gasteiger partial charge in [0.25, 0.3) is 0 Å². The Morgan fingerprint density at radius 1 is 1.17 bits per heavy atom.